The van der Waals surface area contributed by atoms with E-state index in [4.69, 9.17) is 5.73 Å². The van der Waals surface area contributed by atoms with E-state index in [0.717, 1.165) is 6.42 Å². The van der Waals surface area contributed by atoms with Gasteiger partial charge in [-0.2, -0.15) is 0 Å². The number of rotatable bonds is 3. The zero-order valence-electron chi connectivity index (χ0n) is 10.1. The molecule has 1 atom stereocenters. The van der Waals surface area contributed by atoms with Crippen molar-refractivity contribution in [2.24, 2.45) is 11.1 Å². The van der Waals surface area contributed by atoms with E-state index in [1.54, 1.807) is 11.3 Å². The van der Waals surface area contributed by atoms with Gasteiger partial charge in [0.25, 0.3) is 0 Å². The fraction of sp³-hybridized carbons (Fsp3) is 0.538. The van der Waals surface area contributed by atoms with E-state index in [1.807, 2.05) is 11.3 Å². The van der Waals surface area contributed by atoms with Crippen molar-refractivity contribution in [3.8, 4) is 0 Å². The summed E-state index contributed by atoms with van der Waals surface area (Å²) in [6.45, 7) is 6.81. The minimum atomic E-state index is 0.212. The maximum atomic E-state index is 6.24. The van der Waals surface area contributed by atoms with Crippen LogP contribution in [0.4, 0.5) is 0 Å². The lowest BCUT2D eigenvalue weighted by Crippen LogP contribution is -2.13. The molecular formula is C13H19NS2. The molecule has 2 rings (SSSR count). The summed E-state index contributed by atoms with van der Waals surface area (Å²) in [5, 5.41) is 2.14. The van der Waals surface area contributed by atoms with Gasteiger partial charge >= 0.3 is 0 Å². The first-order valence-electron chi connectivity index (χ1n) is 5.68. The number of hydrogen-bond acceptors (Lipinski definition) is 3. The number of nitrogens with two attached hydrogens (primary N) is 1. The summed E-state index contributed by atoms with van der Waals surface area (Å²) in [6.07, 6.45) is 2.26. The Morgan fingerprint density at radius 3 is 2.69 bits per heavy atom. The van der Waals surface area contributed by atoms with Crippen molar-refractivity contribution >= 4 is 32.1 Å². The molecule has 2 aromatic heterocycles. The van der Waals surface area contributed by atoms with E-state index in [2.05, 4.69) is 38.3 Å². The molecular weight excluding hydrogens is 234 g/mol. The molecule has 0 amide bonds. The summed E-state index contributed by atoms with van der Waals surface area (Å²) >= 11 is 3.65. The van der Waals surface area contributed by atoms with E-state index >= 15 is 0 Å². The van der Waals surface area contributed by atoms with Gasteiger partial charge in [0, 0.05) is 20.3 Å². The van der Waals surface area contributed by atoms with Crippen LogP contribution < -0.4 is 5.73 Å². The van der Waals surface area contributed by atoms with Crippen LogP contribution in [0.3, 0.4) is 0 Å². The average molecular weight is 253 g/mol. The number of fused-ring (bicyclic) bond motifs is 1. The SMILES string of the molecule is CC(C)(C)CCC(N)c1cc2sccc2s1. The summed E-state index contributed by atoms with van der Waals surface area (Å²) in [5.41, 5.74) is 6.62. The number of hydrogen-bond donors (Lipinski definition) is 1. The molecule has 0 saturated carbocycles. The molecule has 1 unspecified atom stereocenters. The zero-order chi connectivity index (χ0) is 11.8. The van der Waals surface area contributed by atoms with Gasteiger partial charge in [-0.15, -0.1) is 22.7 Å². The van der Waals surface area contributed by atoms with Gasteiger partial charge in [0.15, 0.2) is 0 Å². The first-order chi connectivity index (χ1) is 7.46. The summed E-state index contributed by atoms with van der Waals surface area (Å²) < 4.78 is 2.76. The Labute approximate surface area is 105 Å². The first kappa shape index (κ1) is 12.1. The molecule has 16 heavy (non-hydrogen) atoms. The topological polar surface area (TPSA) is 26.0 Å². The highest BCUT2D eigenvalue weighted by Crippen LogP contribution is 2.35. The smallest absolute Gasteiger partial charge is 0.0454 e. The summed E-state index contributed by atoms with van der Waals surface area (Å²) in [5.74, 6) is 0. The highest BCUT2D eigenvalue weighted by molar-refractivity contribution is 7.26. The van der Waals surface area contributed by atoms with Gasteiger partial charge in [0.05, 0.1) is 0 Å². The van der Waals surface area contributed by atoms with Gasteiger partial charge in [0.1, 0.15) is 0 Å². The minimum absolute atomic E-state index is 0.212. The largest absolute Gasteiger partial charge is 0.323 e. The van der Waals surface area contributed by atoms with Crippen molar-refractivity contribution in [3.63, 3.8) is 0 Å². The maximum absolute atomic E-state index is 6.24. The highest BCUT2D eigenvalue weighted by atomic mass is 32.1. The molecule has 0 aromatic carbocycles. The zero-order valence-corrected chi connectivity index (χ0v) is 11.8. The Kier molecular flexibility index (Phi) is 3.38. The Hall–Kier alpha value is -0.380. The van der Waals surface area contributed by atoms with E-state index < -0.39 is 0 Å². The third-order valence-corrected chi connectivity index (χ3v) is 4.95. The summed E-state index contributed by atoms with van der Waals surface area (Å²) in [6, 6.07) is 4.66. The molecule has 0 radical (unpaired) electrons. The lowest BCUT2D eigenvalue weighted by molar-refractivity contribution is 0.351. The highest BCUT2D eigenvalue weighted by Gasteiger charge is 2.15. The minimum Gasteiger partial charge on any atom is -0.323 e. The van der Waals surface area contributed by atoms with Gasteiger partial charge in [-0.25, -0.2) is 0 Å². The van der Waals surface area contributed by atoms with E-state index in [-0.39, 0.29) is 6.04 Å². The van der Waals surface area contributed by atoms with Gasteiger partial charge in [-0.05, 0) is 35.8 Å². The van der Waals surface area contributed by atoms with Crippen LogP contribution in [0.25, 0.3) is 9.40 Å². The van der Waals surface area contributed by atoms with Crippen LogP contribution in [0, 0.1) is 5.41 Å². The van der Waals surface area contributed by atoms with Gasteiger partial charge < -0.3 is 5.73 Å². The molecule has 0 saturated heterocycles. The maximum Gasteiger partial charge on any atom is 0.0454 e. The quantitative estimate of drug-likeness (QED) is 0.836. The second kappa shape index (κ2) is 4.47. The third-order valence-electron chi connectivity index (χ3n) is 2.73. The first-order valence-corrected chi connectivity index (χ1v) is 7.38. The standard InChI is InChI=1S/C13H19NS2/c1-13(2,3)6-4-9(14)11-8-12-10(16-11)5-7-15-12/h5,7-9H,4,6,14H2,1-3H3. The molecule has 2 N–H and O–H groups in total. The summed E-state index contributed by atoms with van der Waals surface area (Å²) in [7, 11) is 0. The van der Waals surface area contributed by atoms with Crippen molar-refractivity contribution in [2.75, 3.05) is 0 Å². The second-order valence-electron chi connectivity index (χ2n) is 5.50. The normalized spacial score (nSPS) is 14.5. The predicted octanol–water partition coefficient (Wildman–Crippen LogP) is 4.79. The second-order valence-corrected chi connectivity index (χ2v) is 7.57. The van der Waals surface area contributed by atoms with Crippen LogP contribution in [0.2, 0.25) is 0 Å². The molecule has 0 aliphatic carbocycles. The summed E-state index contributed by atoms with van der Waals surface area (Å²) in [4.78, 5) is 1.34. The van der Waals surface area contributed by atoms with Gasteiger partial charge in [-0.3, -0.25) is 0 Å². The van der Waals surface area contributed by atoms with Crippen molar-refractivity contribution in [3.05, 3.63) is 22.4 Å². The van der Waals surface area contributed by atoms with Crippen molar-refractivity contribution in [1.29, 1.82) is 0 Å². The van der Waals surface area contributed by atoms with E-state index in [0.29, 0.717) is 5.41 Å². The molecule has 0 aliphatic rings. The molecule has 0 fully saturated rings. The van der Waals surface area contributed by atoms with Crippen LogP contribution in [0.1, 0.15) is 44.5 Å². The fourth-order valence-electron chi connectivity index (χ4n) is 1.70. The molecule has 88 valence electrons. The Morgan fingerprint density at radius 1 is 1.31 bits per heavy atom. The predicted molar refractivity (Wildman–Crippen MR) is 75.3 cm³/mol. The Balaban J connectivity index is 2.04. The van der Waals surface area contributed by atoms with Crippen molar-refractivity contribution in [2.45, 2.75) is 39.7 Å². The molecule has 0 spiro atoms. The van der Waals surface area contributed by atoms with E-state index in [1.165, 1.54) is 20.7 Å². The Bertz CT molecular complexity index is 433. The third kappa shape index (κ3) is 2.84. The molecule has 0 bridgehead atoms. The van der Waals surface area contributed by atoms with Crippen molar-refractivity contribution in [1.82, 2.24) is 0 Å². The molecule has 0 aliphatic heterocycles. The van der Waals surface area contributed by atoms with Gasteiger partial charge in [0.2, 0.25) is 0 Å². The average Bonchev–Trinajstić information content (AvgIpc) is 2.71. The monoisotopic (exact) mass is 253 g/mol. The lowest BCUT2D eigenvalue weighted by atomic mass is 9.88. The van der Waals surface area contributed by atoms with Crippen LogP contribution in [-0.2, 0) is 0 Å². The van der Waals surface area contributed by atoms with Gasteiger partial charge in [-0.1, -0.05) is 20.8 Å². The molecule has 2 aromatic rings. The molecule has 3 heteroatoms. The van der Waals surface area contributed by atoms with Crippen LogP contribution in [0.5, 0.6) is 0 Å². The van der Waals surface area contributed by atoms with Crippen molar-refractivity contribution < 1.29 is 0 Å². The number of thiophene rings is 2. The Morgan fingerprint density at radius 2 is 2.06 bits per heavy atom. The fourth-order valence-corrected chi connectivity index (χ4v) is 3.85. The molecule has 1 nitrogen and oxygen atoms in total. The van der Waals surface area contributed by atoms with E-state index in [9.17, 15) is 0 Å². The van der Waals surface area contributed by atoms with Crippen LogP contribution in [0.15, 0.2) is 17.5 Å². The molecule has 2 heterocycles. The van der Waals surface area contributed by atoms with Crippen LogP contribution in [-0.4, -0.2) is 0 Å². The van der Waals surface area contributed by atoms with Crippen LogP contribution >= 0.6 is 22.7 Å². The lowest BCUT2D eigenvalue weighted by Gasteiger charge is -2.20.